The molecule has 1 N–H and O–H groups in total. The Labute approximate surface area is 126 Å². The zero-order chi connectivity index (χ0) is 15.7. The van der Waals surface area contributed by atoms with Crippen molar-refractivity contribution in [3.05, 3.63) is 48.3 Å². The molecule has 1 aromatic carbocycles. The second kappa shape index (κ2) is 5.40. The highest BCUT2D eigenvalue weighted by molar-refractivity contribution is 5.97. The molecule has 0 amide bonds. The molecule has 0 atom stereocenters. The fraction of sp³-hybridized carbons (Fsp3) is 0.125. The molecular formula is C16H13N3O3. The summed E-state index contributed by atoms with van der Waals surface area (Å²) in [6.45, 7) is 1.28. The molecule has 0 spiro atoms. The van der Waals surface area contributed by atoms with Crippen molar-refractivity contribution in [1.82, 2.24) is 14.5 Å². The number of rotatable bonds is 4. The molecule has 0 fully saturated rings. The quantitative estimate of drug-likeness (QED) is 0.747. The molecule has 3 aromatic rings. The number of hydrogen-bond acceptors (Lipinski definition) is 4. The van der Waals surface area contributed by atoms with Crippen LogP contribution >= 0.6 is 0 Å². The van der Waals surface area contributed by atoms with Gasteiger partial charge in [0, 0.05) is 23.5 Å². The molecule has 6 nitrogen and oxygen atoms in total. The Morgan fingerprint density at radius 3 is 2.55 bits per heavy atom. The van der Waals surface area contributed by atoms with Crippen LogP contribution in [0.5, 0.6) is 0 Å². The van der Waals surface area contributed by atoms with Gasteiger partial charge in [-0.25, -0.2) is 4.98 Å². The number of aliphatic carboxylic acids is 1. The Balaban J connectivity index is 2.25. The van der Waals surface area contributed by atoms with E-state index in [1.807, 2.05) is 0 Å². The number of fused-ring (bicyclic) bond motifs is 1. The lowest BCUT2D eigenvalue weighted by Crippen LogP contribution is -2.10. The van der Waals surface area contributed by atoms with Crippen LogP contribution in [0.2, 0.25) is 0 Å². The minimum absolute atomic E-state index is 0.0554. The van der Waals surface area contributed by atoms with E-state index in [1.165, 1.54) is 6.92 Å². The second-order valence-corrected chi connectivity index (χ2v) is 4.91. The number of carboxylic acids is 1. The van der Waals surface area contributed by atoms with Gasteiger partial charge in [0.15, 0.2) is 5.78 Å². The molecule has 0 aliphatic rings. The van der Waals surface area contributed by atoms with Gasteiger partial charge >= 0.3 is 5.97 Å². The molecule has 2 heterocycles. The Morgan fingerprint density at radius 1 is 1.18 bits per heavy atom. The lowest BCUT2D eigenvalue weighted by molar-refractivity contribution is -0.137. The number of carboxylic acid groups (broad SMARTS) is 1. The highest BCUT2D eigenvalue weighted by Crippen LogP contribution is 2.25. The Kier molecular flexibility index (Phi) is 3.42. The SMILES string of the molecule is CC(=O)c1ccc2c(c1)nc(-c1ccncc1)n2CC(=O)O. The molecule has 0 bridgehead atoms. The molecule has 0 saturated heterocycles. The average molecular weight is 295 g/mol. The molecule has 22 heavy (non-hydrogen) atoms. The maximum absolute atomic E-state index is 11.5. The summed E-state index contributed by atoms with van der Waals surface area (Å²) in [5.41, 5.74) is 2.60. The number of aromatic nitrogens is 3. The van der Waals surface area contributed by atoms with Gasteiger partial charge in [0.25, 0.3) is 0 Å². The Hall–Kier alpha value is -3.02. The van der Waals surface area contributed by atoms with Crippen LogP contribution in [0.15, 0.2) is 42.7 Å². The maximum atomic E-state index is 11.5. The van der Waals surface area contributed by atoms with Gasteiger partial charge in [0.05, 0.1) is 11.0 Å². The minimum atomic E-state index is -0.953. The third kappa shape index (κ3) is 2.46. The van der Waals surface area contributed by atoms with E-state index < -0.39 is 5.97 Å². The number of ketones is 1. The van der Waals surface area contributed by atoms with E-state index in [2.05, 4.69) is 9.97 Å². The van der Waals surface area contributed by atoms with Gasteiger partial charge in [-0.3, -0.25) is 14.6 Å². The van der Waals surface area contributed by atoms with Crippen LogP contribution in [-0.2, 0) is 11.3 Å². The van der Waals surface area contributed by atoms with Crippen molar-refractivity contribution in [2.45, 2.75) is 13.5 Å². The topological polar surface area (TPSA) is 85.1 Å². The van der Waals surface area contributed by atoms with Gasteiger partial charge in [0.2, 0.25) is 0 Å². The first kappa shape index (κ1) is 13.9. The normalized spacial score (nSPS) is 10.8. The summed E-state index contributed by atoms with van der Waals surface area (Å²) in [5.74, 6) is -0.467. The van der Waals surface area contributed by atoms with Gasteiger partial charge in [-0.15, -0.1) is 0 Å². The van der Waals surface area contributed by atoms with Crippen LogP contribution < -0.4 is 0 Å². The van der Waals surface area contributed by atoms with E-state index in [-0.39, 0.29) is 12.3 Å². The summed E-state index contributed by atoms with van der Waals surface area (Å²) >= 11 is 0. The van der Waals surface area contributed by atoms with E-state index in [0.717, 1.165) is 5.56 Å². The zero-order valence-electron chi connectivity index (χ0n) is 11.9. The predicted octanol–water partition coefficient (Wildman–Crippen LogP) is 2.39. The Bertz CT molecular complexity index is 869. The Morgan fingerprint density at radius 2 is 1.91 bits per heavy atom. The molecular weight excluding hydrogens is 282 g/mol. The number of benzene rings is 1. The lowest BCUT2D eigenvalue weighted by atomic mass is 10.1. The fourth-order valence-corrected chi connectivity index (χ4v) is 2.37. The first-order chi connectivity index (χ1) is 10.6. The third-order valence-electron chi connectivity index (χ3n) is 3.39. The van der Waals surface area contributed by atoms with Crippen molar-refractivity contribution in [3.63, 3.8) is 0 Å². The molecule has 0 unspecified atom stereocenters. The summed E-state index contributed by atoms with van der Waals surface area (Å²) in [7, 11) is 0. The largest absolute Gasteiger partial charge is 0.480 e. The van der Waals surface area contributed by atoms with Crippen LogP contribution in [0.1, 0.15) is 17.3 Å². The van der Waals surface area contributed by atoms with Crippen LogP contribution in [0.4, 0.5) is 0 Å². The van der Waals surface area contributed by atoms with Gasteiger partial charge in [-0.1, -0.05) is 0 Å². The summed E-state index contributed by atoms with van der Waals surface area (Å²) in [6.07, 6.45) is 3.25. The van der Waals surface area contributed by atoms with Crippen LogP contribution in [0, 0.1) is 0 Å². The van der Waals surface area contributed by atoms with Gasteiger partial charge in [-0.05, 0) is 37.3 Å². The number of carbonyl (C=O) groups excluding carboxylic acids is 1. The summed E-state index contributed by atoms with van der Waals surface area (Å²) in [5, 5.41) is 9.14. The number of pyridine rings is 1. The predicted molar refractivity (Wildman–Crippen MR) is 80.6 cm³/mol. The molecule has 0 aliphatic carbocycles. The van der Waals surface area contributed by atoms with E-state index in [0.29, 0.717) is 22.4 Å². The third-order valence-corrected chi connectivity index (χ3v) is 3.39. The maximum Gasteiger partial charge on any atom is 0.323 e. The second-order valence-electron chi connectivity index (χ2n) is 4.91. The van der Waals surface area contributed by atoms with E-state index in [1.54, 1.807) is 47.3 Å². The molecule has 6 heteroatoms. The average Bonchev–Trinajstić information content (AvgIpc) is 2.85. The minimum Gasteiger partial charge on any atom is -0.480 e. The molecule has 0 radical (unpaired) electrons. The lowest BCUT2D eigenvalue weighted by Gasteiger charge is -2.06. The van der Waals surface area contributed by atoms with Gasteiger partial charge in [-0.2, -0.15) is 0 Å². The number of Topliss-reactive ketones (excluding diaryl/α,β-unsaturated/α-hetero) is 1. The smallest absolute Gasteiger partial charge is 0.323 e. The molecule has 3 rings (SSSR count). The summed E-state index contributed by atoms with van der Waals surface area (Å²) in [6, 6.07) is 8.63. The van der Waals surface area contributed by atoms with Crippen molar-refractivity contribution in [1.29, 1.82) is 0 Å². The van der Waals surface area contributed by atoms with Crippen LogP contribution in [-0.4, -0.2) is 31.4 Å². The van der Waals surface area contributed by atoms with E-state index in [4.69, 9.17) is 5.11 Å². The number of nitrogens with zero attached hydrogens (tertiary/aromatic N) is 3. The standard InChI is InChI=1S/C16H13N3O3/c1-10(20)12-2-3-14-13(8-12)18-16(19(14)9-15(21)22)11-4-6-17-7-5-11/h2-8H,9H2,1H3,(H,21,22). The molecule has 110 valence electrons. The monoisotopic (exact) mass is 295 g/mol. The molecule has 0 aliphatic heterocycles. The molecule has 2 aromatic heterocycles. The van der Waals surface area contributed by atoms with Crippen molar-refractivity contribution in [2.75, 3.05) is 0 Å². The molecule has 0 saturated carbocycles. The van der Waals surface area contributed by atoms with Crippen LogP contribution in [0.3, 0.4) is 0 Å². The van der Waals surface area contributed by atoms with E-state index in [9.17, 15) is 9.59 Å². The van der Waals surface area contributed by atoms with Crippen LogP contribution in [0.25, 0.3) is 22.4 Å². The van der Waals surface area contributed by atoms with Crippen molar-refractivity contribution in [3.8, 4) is 11.4 Å². The first-order valence-corrected chi connectivity index (χ1v) is 6.69. The highest BCUT2D eigenvalue weighted by atomic mass is 16.4. The van der Waals surface area contributed by atoms with E-state index >= 15 is 0 Å². The zero-order valence-corrected chi connectivity index (χ0v) is 11.9. The van der Waals surface area contributed by atoms with Gasteiger partial charge in [0.1, 0.15) is 12.4 Å². The van der Waals surface area contributed by atoms with Crippen molar-refractivity contribution in [2.24, 2.45) is 0 Å². The summed E-state index contributed by atoms with van der Waals surface area (Å²) < 4.78 is 1.62. The van der Waals surface area contributed by atoms with Gasteiger partial charge < -0.3 is 9.67 Å². The number of imidazole rings is 1. The highest BCUT2D eigenvalue weighted by Gasteiger charge is 2.15. The summed E-state index contributed by atoms with van der Waals surface area (Å²) in [4.78, 5) is 31.1. The fourth-order valence-electron chi connectivity index (χ4n) is 2.37. The number of hydrogen-bond donors (Lipinski definition) is 1. The number of carbonyl (C=O) groups is 2. The van der Waals surface area contributed by atoms with Crippen molar-refractivity contribution < 1.29 is 14.7 Å². The van der Waals surface area contributed by atoms with Crippen molar-refractivity contribution >= 4 is 22.8 Å². The first-order valence-electron chi connectivity index (χ1n) is 6.69.